The number of carbonyl (C=O) groups excluding carboxylic acids is 2. The highest BCUT2D eigenvalue weighted by atomic mass is 32.2. The molecule has 3 aromatic carbocycles. The highest BCUT2D eigenvalue weighted by molar-refractivity contribution is 8.01. The van der Waals surface area contributed by atoms with Crippen molar-refractivity contribution < 1.29 is 19.2 Å². The number of benzene rings is 3. The second kappa shape index (κ2) is 11.6. The molecule has 200 valence electrons. The Morgan fingerprint density at radius 1 is 0.842 bits per heavy atom. The summed E-state index contributed by atoms with van der Waals surface area (Å²) in [6.07, 6.45) is -0.0155. The lowest BCUT2D eigenvalue weighted by Crippen LogP contribution is -2.47. The van der Waals surface area contributed by atoms with E-state index in [1.54, 1.807) is 23.7 Å². The second-order valence-electron chi connectivity index (χ2n) is 10.4. The number of thioether (sulfide) groups is 1. The summed E-state index contributed by atoms with van der Waals surface area (Å²) in [6, 6.07) is 30.6. The van der Waals surface area contributed by atoms with Gasteiger partial charge in [0.2, 0.25) is 0 Å². The Morgan fingerprint density at radius 2 is 1.29 bits per heavy atom. The number of carbonyl (C=O) groups is 2. The largest absolute Gasteiger partial charge is 0.444 e. The number of hydrogen-bond acceptors (Lipinski definition) is 5. The van der Waals surface area contributed by atoms with Gasteiger partial charge in [0.1, 0.15) is 11.6 Å². The quantitative estimate of drug-likeness (QED) is 0.271. The zero-order valence-corrected chi connectivity index (χ0v) is 23.5. The van der Waals surface area contributed by atoms with Crippen molar-refractivity contribution in [3.63, 3.8) is 0 Å². The molecule has 0 unspecified atom stereocenters. The lowest BCUT2D eigenvalue weighted by Gasteiger charge is -2.37. The van der Waals surface area contributed by atoms with Gasteiger partial charge in [0, 0.05) is 18.8 Å². The maximum Gasteiger partial charge on any atom is 0.411 e. The van der Waals surface area contributed by atoms with E-state index in [9.17, 15) is 9.59 Å². The minimum atomic E-state index is -0.688. The van der Waals surface area contributed by atoms with Gasteiger partial charge in [-0.1, -0.05) is 91.0 Å². The van der Waals surface area contributed by atoms with E-state index in [-0.39, 0.29) is 11.2 Å². The molecule has 1 fully saturated rings. The third-order valence-corrected chi connectivity index (χ3v) is 8.38. The third kappa shape index (κ3) is 5.89. The first-order chi connectivity index (χ1) is 18.2. The lowest BCUT2D eigenvalue weighted by molar-refractivity contribution is -0.173. The zero-order chi connectivity index (χ0) is 27.3. The van der Waals surface area contributed by atoms with E-state index < -0.39 is 22.5 Å². The Labute approximate surface area is 229 Å². The van der Waals surface area contributed by atoms with Gasteiger partial charge in [-0.25, -0.2) is 9.86 Å². The molecule has 0 spiro atoms. The van der Waals surface area contributed by atoms with Gasteiger partial charge in [0.05, 0.1) is 11.9 Å². The third-order valence-electron chi connectivity index (χ3n) is 6.64. The maximum absolute atomic E-state index is 13.3. The molecule has 2 atom stereocenters. The fraction of sp³-hybridized carbons (Fsp3) is 0.355. The van der Waals surface area contributed by atoms with E-state index in [2.05, 4.69) is 72.8 Å². The first-order valence-electron chi connectivity index (χ1n) is 12.8. The summed E-state index contributed by atoms with van der Waals surface area (Å²) in [6.45, 7) is 5.87. The molecule has 0 aliphatic carbocycles. The summed E-state index contributed by atoms with van der Waals surface area (Å²) in [4.78, 5) is 33.4. The second-order valence-corrected chi connectivity index (χ2v) is 11.9. The van der Waals surface area contributed by atoms with Crippen LogP contribution in [0.15, 0.2) is 91.0 Å². The van der Waals surface area contributed by atoms with Crippen LogP contribution < -0.4 is 0 Å². The van der Waals surface area contributed by atoms with Crippen LogP contribution in [0, 0.1) is 0 Å². The van der Waals surface area contributed by atoms with Crippen LogP contribution in [-0.2, 0) is 19.1 Å². The number of nitrogens with zero attached hydrogens (tertiary/aromatic N) is 2. The average molecular weight is 533 g/mol. The maximum atomic E-state index is 13.3. The summed E-state index contributed by atoms with van der Waals surface area (Å²) in [7, 11) is 3.01. The molecule has 38 heavy (non-hydrogen) atoms. The van der Waals surface area contributed by atoms with Gasteiger partial charge in [-0.3, -0.25) is 14.5 Å². The van der Waals surface area contributed by atoms with Gasteiger partial charge in [-0.15, -0.1) is 11.8 Å². The van der Waals surface area contributed by atoms with Crippen LogP contribution in [0.1, 0.15) is 43.9 Å². The van der Waals surface area contributed by atoms with E-state index in [1.165, 1.54) is 12.2 Å². The Kier molecular flexibility index (Phi) is 8.48. The molecular weight excluding hydrogens is 496 g/mol. The topological polar surface area (TPSA) is 59.1 Å². The van der Waals surface area contributed by atoms with Crippen molar-refractivity contribution in [1.29, 1.82) is 0 Å². The zero-order valence-electron chi connectivity index (χ0n) is 22.7. The molecule has 6 nitrogen and oxygen atoms in total. The standard InChI is InChI=1S/C31H36N2O4S/c1-30(2,3)37-29(35)33-22-26(21-27(33)28(34)32(4)36-5)38-31(23-15-9-6-10-16-23,24-17-11-7-12-18-24)25-19-13-8-14-20-25/h6-20,26-27H,21-22H2,1-5H3/t26-,27+/m1/s1. The van der Waals surface area contributed by atoms with Crippen molar-refractivity contribution in [3.8, 4) is 0 Å². The molecule has 7 heteroatoms. The van der Waals surface area contributed by atoms with Crippen molar-refractivity contribution in [1.82, 2.24) is 9.96 Å². The van der Waals surface area contributed by atoms with Crippen LogP contribution in [0.4, 0.5) is 4.79 Å². The fourth-order valence-corrected chi connectivity index (χ4v) is 6.74. The van der Waals surface area contributed by atoms with Crippen LogP contribution in [0.25, 0.3) is 0 Å². The Morgan fingerprint density at radius 3 is 1.68 bits per heavy atom. The molecule has 0 bridgehead atoms. The summed E-state index contributed by atoms with van der Waals surface area (Å²) >= 11 is 1.78. The predicted octanol–water partition coefficient (Wildman–Crippen LogP) is 6.11. The van der Waals surface area contributed by atoms with Crippen molar-refractivity contribution in [2.45, 2.75) is 48.8 Å². The number of rotatable bonds is 7. The van der Waals surface area contributed by atoms with Gasteiger partial charge in [0.25, 0.3) is 5.91 Å². The highest BCUT2D eigenvalue weighted by Crippen LogP contribution is 2.52. The number of likely N-dealkylation sites (N-methyl/N-ethyl adjacent to an activating group) is 1. The molecule has 0 N–H and O–H groups in total. The Bertz CT molecular complexity index is 1120. The molecule has 2 amide bonds. The van der Waals surface area contributed by atoms with Crippen LogP contribution in [0.3, 0.4) is 0 Å². The minimum Gasteiger partial charge on any atom is -0.444 e. The van der Waals surface area contributed by atoms with E-state index in [0.29, 0.717) is 13.0 Å². The van der Waals surface area contributed by atoms with Gasteiger partial charge in [-0.05, 0) is 43.9 Å². The van der Waals surface area contributed by atoms with E-state index in [1.807, 2.05) is 39.0 Å². The number of amides is 2. The van der Waals surface area contributed by atoms with Crippen molar-refractivity contribution in [3.05, 3.63) is 108 Å². The molecular formula is C31H36N2O4S. The molecule has 1 aliphatic rings. The molecule has 1 saturated heterocycles. The summed E-state index contributed by atoms with van der Waals surface area (Å²) in [5.41, 5.74) is 2.73. The molecule has 3 aromatic rings. The minimum absolute atomic E-state index is 0.0534. The number of hydroxylamine groups is 2. The summed E-state index contributed by atoms with van der Waals surface area (Å²) < 4.78 is 5.16. The van der Waals surface area contributed by atoms with Crippen molar-refractivity contribution >= 4 is 23.8 Å². The van der Waals surface area contributed by atoms with Crippen LogP contribution in [0.5, 0.6) is 0 Å². The number of hydrogen-bond donors (Lipinski definition) is 0. The van der Waals surface area contributed by atoms with Crippen LogP contribution in [-0.4, -0.2) is 59.6 Å². The number of likely N-dealkylation sites (tertiary alicyclic amines) is 1. The van der Waals surface area contributed by atoms with Crippen LogP contribution in [0.2, 0.25) is 0 Å². The molecule has 4 rings (SSSR count). The van der Waals surface area contributed by atoms with Crippen molar-refractivity contribution in [2.75, 3.05) is 20.7 Å². The molecule has 0 aromatic heterocycles. The monoisotopic (exact) mass is 532 g/mol. The predicted molar refractivity (Wildman–Crippen MR) is 152 cm³/mol. The van der Waals surface area contributed by atoms with E-state index >= 15 is 0 Å². The molecule has 0 saturated carbocycles. The van der Waals surface area contributed by atoms with E-state index in [4.69, 9.17) is 9.57 Å². The first kappa shape index (κ1) is 27.7. The van der Waals surface area contributed by atoms with Crippen molar-refractivity contribution in [2.24, 2.45) is 0 Å². The van der Waals surface area contributed by atoms with Crippen LogP contribution >= 0.6 is 11.8 Å². The smallest absolute Gasteiger partial charge is 0.411 e. The van der Waals surface area contributed by atoms with Gasteiger partial charge in [-0.2, -0.15) is 0 Å². The molecule has 1 aliphatic heterocycles. The van der Waals surface area contributed by atoms with Gasteiger partial charge >= 0.3 is 6.09 Å². The normalized spacial score (nSPS) is 17.8. The van der Waals surface area contributed by atoms with E-state index in [0.717, 1.165) is 16.7 Å². The fourth-order valence-electron chi connectivity index (χ4n) is 4.91. The molecule has 1 heterocycles. The summed E-state index contributed by atoms with van der Waals surface area (Å²) in [5, 5.41) is 1.14. The number of ether oxygens (including phenoxy) is 1. The summed E-state index contributed by atoms with van der Waals surface area (Å²) in [5.74, 6) is -0.272. The Balaban J connectivity index is 1.79. The Hall–Kier alpha value is -3.29. The SMILES string of the molecule is CON(C)C(=O)[C@@H]1C[C@@H](SC(c2ccccc2)(c2ccccc2)c2ccccc2)CN1C(=O)OC(C)(C)C. The lowest BCUT2D eigenvalue weighted by atomic mass is 9.84. The highest BCUT2D eigenvalue weighted by Gasteiger charge is 2.47. The van der Waals surface area contributed by atoms with Gasteiger partial charge < -0.3 is 4.74 Å². The molecule has 0 radical (unpaired) electrons. The van der Waals surface area contributed by atoms with Gasteiger partial charge in [0.15, 0.2) is 0 Å². The first-order valence-corrected chi connectivity index (χ1v) is 13.7. The average Bonchev–Trinajstić information content (AvgIpc) is 3.35.